The van der Waals surface area contributed by atoms with E-state index in [-0.39, 0.29) is 33.7 Å². The van der Waals surface area contributed by atoms with E-state index in [0.717, 1.165) is 19.6 Å². The average molecular weight is 580 g/mol. The van der Waals surface area contributed by atoms with Crippen molar-refractivity contribution in [3.05, 3.63) is 86.2 Å². The molecule has 1 aliphatic rings. The van der Waals surface area contributed by atoms with Crippen molar-refractivity contribution in [2.75, 3.05) is 31.5 Å². The Hall–Kier alpha value is -4.29. The number of non-ortho nitro benzene ring substituents is 1. The second-order valence-corrected chi connectivity index (χ2v) is 11.8. The van der Waals surface area contributed by atoms with Gasteiger partial charge in [-0.25, -0.2) is 8.42 Å². The van der Waals surface area contributed by atoms with E-state index < -0.39 is 14.8 Å². The first kappa shape index (κ1) is 29.7. The summed E-state index contributed by atoms with van der Waals surface area (Å²) in [6.07, 6.45) is 1.63. The third kappa shape index (κ3) is 6.39. The predicted molar refractivity (Wildman–Crippen MR) is 157 cm³/mol. The summed E-state index contributed by atoms with van der Waals surface area (Å²) in [4.78, 5) is 41.6. The summed E-state index contributed by atoms with van der Waals surface area (Å²) in [5.41, 5.74) is 3.88. The van der Waals surface area contributed by atoms with Crippen molar-refractivity contribution in [2.45, 2.75) is 38.3 Å². The number of nitrogens with zero attached hydrogens (tertiary/aromatic N) is 2. The molecule has 4 rings (SSSR count). The Kier molecular flexibility index (Phi) is 8.74. The fraction of sp³-hybridized carbons (Fsp3) is 0.310. The Morgan fingerprint density at radius 1 is 1.10 bits per heavy atom. The summed E-state index contributed by atoms with van der Waals surface area (Å²) < 4.78 is 26.4. The Bertz CT molecular complexity index is 1640. The minimum atomic E-state index is -3.82. The number of sulfone groups is 1. The summed E-state index contributed by atoms with van der Waals surface area (Å²) in [6, 6.07) is 9.76. The highest BCUT2D eigenvalue weighted by Gasteiger charge is 2.28. The molecule has 3 aromatic rings. The number of H-pyrrole nitrogens is 1. The van der Waals surface area contributed by atoms with Gasteiger partial charge in [-0.05, 0) is 62.3 Å². The number of amides is 2. The number of anilines is 1. The predicted octanol–water partition coefficient (Wildman–Crippen LogP) is 4.08. The van der Waals surface area contributed by atoms with Gasteiger partial charge in [0, 0.05) is 47.9 Å². The number of aryl methyl sites for hydroxylation is 1. The molecule has 216 valence electrons. The number of aromatic nitrogens is 1. The standard InChI is InChI=1S/C29H33N5O6S/c1-5-33(6-2)14-13-30-29(36)27-18(3)26(31-19(27)4)16-24-23-15-22(11-12-25(23)32-28(24)35)41(39,40)17-20-7-9-21(10-8-20)34(37)38/h7-12,15-16,31H,5-6,13-14,17H2,1-4H3,(H,30,36)(H,32,35)/b24-16-. The zero-order chi connectivity index (χ0) is 29.9. The SMILES string of the molecule is CCN(CC)CCNC(=O)c1c(C)[nH]c(/C=C2\C(=O)Nc3ccc(S(=O)(=O)Cc4ccc([N+](=O)[O-])cc4)cc32)c1C. The van der Waals surface area contributed by atoms with Gasteiger partial charge in [-0.2, -0.15) is 0 Å². The zero-order valence-electron chi connectivity index (χ0n) is 23.4. The van der Waals surface area contributed by atoms with Gasteiger partial charge in [0.2, 0.25) is 0 Å². The number of hydrogen-bond acceptors (Lipinski definition) is 7. The van der Waals surface area contributed by atoms with Gasteiger partial charge in [0.1, 0.15) is 0 Å². The number of aromatic amines is 1. The molecule has 0 radical (unpaired) electrons. The lowest BCUT2D eigenvalue weighted by Gasteiger charge is -2.18. The second kappa shape index (κ2) is 12.1. The van der Waals surface area contributed by atoms with Gasteiger partial charge in [0.25, 0.3) is 17.5 Å². The third-order valence-electron chi connectivity index (χ3n) is 7.24. The molecule has 0 bridgehead atoms. The summed E-state index contributed by atoms with van der Waals surface area (Å²) in [7, 11) is -3.82. The first-order valence-electron chi connectivity index (χ1n) is 13.3. The number of benzene rings is 2. The lowest BCUT2D eigenvalue weighted by Crippen LogP contribution is -2.35. The quantitative estimate of drug-likeness (QED) is 0.176. The van der Waals surface area contributed by atoms with Crippen molar-refractivity contribution >= 4 is 44.7 Å². The number of carbonyl (C=O) groups excluding carboxylic acids is 2. The highest BCUT2D eigenvalue weighted by molar-refractivity contribution is 7.90. The van der Waals surface area contributed by atoms with Crippen molar-refractivity contribution < 1.29 is 22.9 Å². The van der Waals surface area contributed by atoms with Gasteiger partial charge in [-0.3, -0.25) is 19.7 Å². The molecule has 0 unspecified atom stereocenters. The van der Waals surface area contributed by atoms with Gasteiger partial charge in [0.05, 0.1) is 26.7 Å². The molecule has 0 saturated carbocycles. The van der Waals surface area contributed by atoms with Crippen molar-refractivity contribution in [1.82, 2.24) is 15.2 Å². The molecule has 3 N–H and O–H groups in total. The van der Waals surface area contributed by atoms with Crippen LogP contribution in [0.1, 0.15) is 52.3 Å². The molecule has 11 nitrogen and oxygen atoms in total. The van der Waals surface area contributed by atoms with E-state index in [1.807, 2.05) is 0 Å². The first-order valence-corrected chi connectivity index (χ1v) is 14.9. The van der Waals surface area contributed by atoms with E-state index in [0.29, 0.717) is 45.9 Å². The van der Waals surface area contributed by atoms with E-state index in [9.17, 15) is 28.1 Å². The number of fused-ring (bicyclic) bond motifs is 1. The van der Waals surface area contributed by atoms with Crippen molar-refractivity contribution in [3.8, 4) is 0 Å². The van der Waals surface area contributed by atoms with Gasteiger partial charge in [0.15, 0.2) is 9.84 Å². The largest absolute Gasteiger partial charge is 0.358 e. The van der Waals surface area contributed by atoms with Crippen LogP contribution in [0.5, 0.6) is 0 Å². The maximum Gasteiger partial charge on any atom is 0.269 e. The zero-order valence-corrected chi connectivity index (χ0v) is 24.2. The van der Waals surface area contributed by atoms with Crippen LogP contribution in [-0.4, -0.2) is 61.2 Å². The molecular formula is C29H33N5O6S. The van der Waals surface area contributed by atoms with Crippen LogP contribution >= 0.6 is 0 Å². The van der Waals surface area contributed by atoms with Crippen molar-refractivity contribution in [2.24, 2.45) is 0 Å². The summed E-state index contributed by atoms with van der Waals surface area (Å²) in [6.45, 7) is 10.8. The molecule has 1 aliphatic heterocycles. The molecule has 2 heterocycles. The van der Waals surface area contributed by atoms with Crippen LogP contribution in [0.15, 0.2) is 47.4 Å². The molecule has 0 atom stereocenters. The number of carbonyl (C=O) groups is 2. The maximum absolute atomic E-state index is 13.2. The minimum Gasteiger partial charge on any atom is -0.358 e. The Balaban J connectivity index is 1.59. The van der Waals surface area contributed by atoms with Gasteiger partial charge in [-0.15, -0.1) is 0 Å². The highest BCUT2D eigenvalue weighted by Crippen LogP contribution is 2.36. The molecule has 12 heteroatoms. The summed E-state index contributed by atoms with van der Waals surface area (Å²) in [5, 5.41) is 16.6. The number of hydrogen-bond donors (Lipinski definition) is 3. The molecule has 41 heavy (non-hydrogen) atoms. The van der Waals surface area contributed by atoms with E-state index in [1.54, 1.807) is 26.0 Å². The fourth-order valence-corrected chi connectivity index (χ4v) is 6.25. The van der Waals surface area contributed by atoms with Crippen molar-refractivity contribution in [1.29, 1.82) is 0 Å². The van der Waals surface area contributed by atoms with E-state index >= 15 is 0 Å². The average Bonchev–Trinajstić information content (AvgIpc) is 3.40. The number of nitrogens with one attached hydrogen (secondary N) is 3. The van der Waals surface area contributed by atoms with Crippen LogP contribution < -0.4 is 10.6 Å². The molecule has 2 amide bonds. The van der Waals surface area contributed by atoms with Crippen LogP contribution in [0.25, 0.3) is 11.6 Å². The summed E-state index contributed by atoms with van der Waals surface area (Å²) >= 11 is 0. The molecule has 1 aromatic heterocycles. The molecule has 0 fully saturated rings. The first-order chi connectivity index (χ1) is 19.4. The van der Waals surface area contributed by atoms with Crippen molar-refractivity contribution in [3.63, 3.8) is 0 Å². The van der Waals surface area contributed by atoms with Crippen LogP contribution in [-0.2, 0) is 20.4 Å². The number of rotatable bonds is 11. The number of nitro groups is 1. The minimum absolute atomic E-state index is 0.0182. The molecule has 2 aromatic carbocycles. The van der Waals surface area contributed by atoms with Crippen LogP contribution in [0.2, 0.25) is 0 Å². The Morgan fingerprint density at radius 2 is 1.78 bits per heavy atom. The number of likely N-dealkylation sites (N-methyl/N-ethyl adjacent to an activating group) is 1. The lowest BCUT2D eigenvalue weighted by atomic mass is 10.0. The molecule has 0 saturated heterocycles. The topological polar surface area (TPSA) is 155 Å². The van der Waals surface area contributed by atoms with E-state index in [1.165, 1.54) is 36.4 Å². The smallest absolute Gasteiger partial charge is 0.269 e. The highest BCUT2D eigenvalue weighted by atomic mass is 32.2. The monoisotopic (exact) mass is 579 g/mol. The Labute approximate surface area is 238 Å². The molecular weight excluding hydrogens is 546 g/mol. The van der Waals surface area contributed by atoms with Gasteiger partial charge < -0.3 is 20.5 Å². The third-order valence-corrected chi connectivity index (χ3v) is 8.92. The second-order valence-electron chi connectivity index (χ2n) is 9.85. The van der Waals surface area contributed by atoms with Crippen LogP contribution in [0.4, 0.5) is 11.4 Å². The maximum atomic E-state index is 13.2. The molecule has 0 spiro atoms. The van der Waals surface area contributed by atoms with E-state index in [4.69, 9.17) is 0 Å². The van der Waals surface area contributed by atoms with Gasteiger partial charge in [-0.1, -0.05) is 26.0 Å². The lowest BCUT2D eigenvalue weighted by molar-refractivity contribution is -0.384. The van der Waals surface area contributed by atoms with Crippen LogP contribution in [0, 0.1) is 24.0 Å². The van der Waals surface area contributed by atoms with E-state index in [2.05, 4.69) is 34.4 Å². The fourth-order valence-electron chi connectivity index (χ4n) is 4.88. The summed E-state index contributed by atoms with van der Waals surface area (Å²) in [5.74, 6) is -0.947. The number of nitro benzene ring substituents is 1. The molecule has 0 aliphatic carbocycles. The van der Waals surface area contributed by atoms with Crippen LogP contribution in [0.3, 0.4) is 0 Å². The van der Waals surface area contributed by atoms with Gasteiger partial charge >= 0.3 is 0 Å². The normalized spacial score (nSPS) is 13.9. The Morgan fingerprint density at radius 3 is 2.41 bits per heavy atom.